The summed E-state index contributed by atoms with van der Waals surface area (Å²) < 4.78 is 80.5. The molecule has 0 aliphatic carbocycles. The lowest BCUT2D eigenvalue weighted by Crippen LogP contribution is -2.35. The highest BCUT2D eigenvalue weighted by molar-refractivity contribution is 14.1. The Bertz CT molecular complexity index is 1670. The molecule has 0 saturated heterocycles. The molecular weight excluding hydrogens is 735 g/mol. The van der Waals surface area contributed by atoms with Crippen LogP contribution in [0.2, 0.25) is 0 Å². The van der Waals surface area contributed by atoms with E-state index >= 15 is 0 Å². The van der Waals surface area contributed by atoms with Gasteiger partial charge in [0.15, 0.2) is 3.83 Å². The normalized spacial score (nSPS) is 15.0. The number of nitrogens with zero attached hydrogens (tertiary/aromatic N) is 8. The van der Waals surface area contributed by atoms with E-state index in [0.29, 0.717) is 52.4 Å². The van der Waals surface area contributed by atoms with Gasteiger partial charge < -0.3 is 24.7 Å². The first-order valence-corrected chi connectivity index (χ1v) is 14.8. The molecule has 11 nitrogen and oxygen atoms in total. The zero-order valence-electron chi connectivity index (χ0n) is 24.3. The molecule has 0 bridgehead atoms. The average Bonchev–Trinajstić information content (AvgIpc) is 3.50. The van der Waals surface area contributed by atoms with Crippen LogP contribution in [0.3, 0.4) is 0 Å². The zero-order chi connectivity index (χ0) is 33.6. The molecule has 4 aromatic heterocycles. The van der Waals surface area contributed by atoms with Gasteiger partial charge in [-0.2, -0.15) is 26.3 Å². The molecule has 4 aromatic rings. The fourth-order valence-corrected chi connectivity index (χ4v) is 5.81. The lowest BCUT2D eigenvalue weighted by Gasteiger charge is -2.24. The summed E-state index contributed by atoms with van der Waals surface area (Å²) in [5.74, 6) is -0.601. The zero-order valence-corrected chi connectivity index (χ0v) is 26.5. The van der Waals surface area contributed by atoms with Crippen LogP contribution < -0.4 is 5.73 Å². The number of hydrogen-bond acceptors (Lipinski definition) is 7. The number of aromatic nitrogens is 6. The minimum absolute atomic E-state index is 0.0383. The van der Waals surface area contributed by atoms with Crippen LogP contribution in [0.1, 0.15) is 32.1 Å². The van der Waals surface area contributed by atoms with Crippen LogP contribution in [0.15, 0.2) is 36.7 Å². The highest BCUT2D eigenvalue weighted by Gasteiger charge is 2.36. The number of nitrogens with two attached hydrogens (primary N) is 1. The number of fused-ring (bicyclic) bond motifs is 2. The van der Waals surface area contributed by atoms with Gasteiger partial charge >= 0.3 is 12.4 Å². The lowest BCUT2D eigenvalue weighted by atomic mass is 10.1. The fraction of sp³-hybridized carbons (Fsp3) is 0.357. The summed E-state index contributed by atoms with van der Waals surface area (Å²) in [4.78, 5) is 43.3. The van der Waals surface area contributed by atoms with Gasteiger partial charge in [0, 0.05) is 86.4 Å². The summed E-state index contributed by atoms with van der Waals surface area (Å²) in [6.07, 6.45) is -5.19. The van der Waals surface area contributed by atoms with E-state index in [-0.39, 0.29) is 40.4 Å². The number of rotatable bonds is 4. The number of hydrogen-bond donors (Lipinski definition) is 1. The molecule has 0 radical (unpaired) electrons. The van der Waals surface area contributed by atoms with Gasteiger partial charge in [-0.1, -0.05) is 0 Å². The van der Waals surface area contributed by atoms with E-state index in [1.165, 1.54) is 40.4 Å². The molecule has 46 heavy (non-hydrogen) atoms. The number of carbonyl (C=O) groups excluding carboxylic acids is 2. The van der Waals surface area contributed by atoms with Crippen molar-refractivity contribution in [3.63, 3.8) is 0 Å². The van der Waals surface area contributed by atoms with E-state index in [1.54, 1.807) is 20.2 Å². The molecule has 0 saturated carbocycles. The van der Waals surface area contributed by atoms with Crippen molar-refractivity contribution in [3.05, 3.63) is 63.0 Å². The predicted molar refractivity (Wildman–Crippen MR) is 161 cm³/mol. The lowest BCUT2D eigenvalue weighted by molar-refractivity contribution is -0.141. The van der Waals surface area contributed by atoms with Crippen molar-refractivity contribution in [3.8, 4) is 22.8 Å². The summed E-state index contributed by atoms with van der Waals surface area (Å²) in [6, 6.07) is 5.96. The van der Waals surface area contributed by atoms with Crippen molar-refractivity contribution < 1.29 is 35.9 Å². The molecule has 0 aromatic carbocycles. The van der Waals surface area contributed by atoms with Crippen molar-refractivity contribution in [2.24, 2.45) is 0 Å². The van der Waals surface area contributed by atoms with Gasteiger partial charge in [0.1, 0.15) is 13.1 Å². The van der Waals surface area contributed by atoms with Crippen LogP contribution in [0.5, 0.6) is 0 Å². The largest absolute Gasteiger partial charge is 0.406 e. The molecule has 0 unspecified atom stereocenters. The van der Waals surface area contributed by atoms with Crippen LogP contribution in [-0.2, 0) is 25.9 Å². The Kier molecular flexibility index (Phi) is 9.02. The van der Waals surface area contributed by atoms with E-state index in [2.05, 4.69) is 19.9 Å². The van der Waals surface area contributed by atoms with E-state index < -0.39 is 25.4 Å². The molecule has 0 atom stereocenters. The first kappa shape index (κ1) is 33.1. The maximum atomic E-state index is 13.0. The number of likely N-dealkylation sites (N-methyl/N-ethyl adjacent to an activating group) is 2. The maximum Gasteiger partial charge on any atom is 0.406 e. The molecule has 6 heterocycles. The van der Waals surface area contributed by atoms with Crippen molar-refractivity contribution in [2.75, 3.05) is 32.9 Å². The second kappa shape index (κ2) is 12.5. The summed E-state index contributed by atoms with van der Waals surface area (Å²) in [5.41, 5.74) is 8.02. The molecule has 0 fully saturated rings. The summed E-state index contributed by atoms with van der Waals surface area (Å²) >= 11 is 1.90. The van der Waals surface area contributed by atoms with Crippen LogP contribution in [0, 0.1) is 3.83 Å². The number of amides is 2. The smallest absolute Gasteiger partial charge is 0.368 e. The SMILES string of the molecule is CN1CCc2c(cc(-c3ccnc(I)n3)n2CC(F)(F)F)C1=O.CN1CCc2c(cc(-c3ccnc(N)n3)n2CC(F)(F)F)C1=O. The number of halogens is 7. The minimum Gasteiger partial charge on any atom is -0.368 e. The summed E-state index contributed by atoms with van der Waals surface area (Å²) in [5, 5.41) is 0. The summed E-state index contributed by atoms with van der Waals surface area (Å²) in [6.45, 7) is -1.55. The predicted octanol–water partition coefficient (Wildman–Crippen LogP) is 4.46. The standard InChI is InChI=1S/C14H12F3IN4O.C14H14F3N5O/c2*1-21-5-3-10-8(12(21)23)6-11(22(10)7-14(15,16)17)9-2-4-19-13(18)20-9/h2,4,6H,3,5,7H2,1H3;2,4,6H,3,5,7H2,1H3,(H2,18,19,20). The van der Waals surface area contributed by atoms with Gasteiger partial charge in [-0.15, -0.1) is 0 Å². The maximum absolute atomic E-state index is 13.0. The Balaban J connectivity index is 0.000000181. The van der Waals surface area contributed by atoms with Crippen LogP contribution in [0.25, 0.3) is 22.8 Å². The molecule has 0 spiro atoms. The van der Waals surface area contributed by atoms with Gasteiger partial charge in [0.05, 0.1) is 33.9 Å². The van der Waals surface area contributed by atoms with Gasteiger partial charge in [0.2, 0.25) is 5.95 Å². The van der Waals surface area contributed by atoms with E-state index in [0.717, 1.165) is 9.13 Å². The Morgan fingerprint density at radius 1 is 0.761 bits per heavy atom. The third-order valence-electron chi connectivity index (χ3n) is 7.44. The molecule has 2 N–H and O–H groups in total. The molecule has 18 heteroatoms. The van der Waals surface area contributed by atoms with E-state index in [4.69, 9.17) is 5.73 Å². The number of carbonyl (C=O) groups is 2. The number of alkyl halides is 6. The third kappa shape index (κ3) is 7.10. The van der Waals surface area contributed by atoms with Gasteiger partial charge in [-0.05, 0) is 24.3 Å². The Labute approximate surface area is 271 Å². The molecule has 2 amide bonds. The highest BCUT2D eigenvalue weighted by Crippen LogP contribution is 2.33. The number of nitrogen functional groups attached to an aromatic ring is 1. The van der Waals surface area contributed by atoms with Gasteiger partial charge in [0.25, 0.3) is 11.8 Å². The first-order chi connectivity index (χ1) is 21.5. The Morgan fingerprint density at radius 2 is 1.20 bits per heavy atom. The van der Waals surface area contributed by atoms with Crippen LogP contribution >= 0.6 is 22.6 Å². The highest BCUT2D eigenvalue weighted by atomic mass is 127. The monoisotopic (exact) mass is 761 g/mol. The molecule has 6 rings (SSSR count). The third-order valence-corrected chi connectivity index (χ3v) is 7.96. The van der Waals surface area contributed by atoms with Crippen molar-refractivity contribution >= 4 is 40.4 Å². The topological polar surface area (TPSA) is 128 Å². The van der Waals surface area contributed by atoms with Crippen LogP contribution in [0.4, 0.5) is 32.3 Å². The van der Waals surface area contributed by atoms with Crippen molar-refractivity contribution in [1.29, 1.82) is 0 Å². The number of anilines is 1. The fourth-order valence-electron chi connectivity index (χ4n) is 5.39. The quantitative estimate of drug-likeness (QED) is 0.185. The second-order valence-electron chi connectivity index (χ2n) is 10.6. The first-order valence-electron chi connectivity index (χ1n) is 13.7. The molecular formula is C28H26F6IN9O2. The Morgan fingerprint density at radius 3 is 1.61 bits per heavy atom. The summed E-state index contributed by atoms with van der Waals surface area (Å²) in [7, 11) is 3.26. The van der Waals surface area contributed by atoms with Crippen LogP contribution in [-0.4, -0.2) is 90.2 Å². The van der Waals surface area contributed by atoms with Crippen molar-refractivity contribution in [2.45, 2.75) is 38.3 Å². The van der Waals surface area contributed by atoms with E-state index in [9.17, 15) is 35.9 Å². The van der Waals surface area contributed by atoms with Gasteiger partial charge in [-0.3, -0.25) is 9.59 Å². The molecule has 2 aliphatic rings. The Hall–Kier alpha value is -4.23. The van der Waals surface area contributed by atoms with E-state index in [1.807, 2.05) is 22.6 Å². The second-order valence-corrected chi connectivity index (χ2v) is 11.6. The molecule has 2 aliphatic heterocycles. The van der Waals surface area contributed by atoms with Crippen molar-refractivity contribution in [1.82, 2.24) is 38.9 Å². The minimum atomic E-state index is -4.41. The average molecular weight is 761 g/mol. The van der Waals surface area contributed by atoms with Gasteiger partial charge in [-0.25, -0.2) is 19.9 Å². The molecule has 244 valence electrons.